The van der Waals surface area contributed by atoms with Gasteiger partial charge in [0.2, 0.25) is 0 Å². The van der Waals surface area contributed by atoms with E-state index in [-0.39, 0.29) is 11.4 Å². The summed E-state index contributed by atoms with van der Waals surface area (Å²) in [7, 11) is 1.27. The highest BCUT2D eigenvalue weighted by Gasteiger charge is 2.21. The Bertz CT molecular complexity index is 651. The topological polar surface area (TPSA) is 82.3 Å². The Labute approximate surface area is 112 Å². The van der Waals surface area contributed by atoms with E-state index in [1.54, 1.807) is 25.1 Å². The van der Waals surface area contributed by atoms with Gasteiger partial charge in [0.15, 0.2) is 5.69 Å². The molecule has 0 fully saturated rings. The maximum Gasteiger partial charge on any atom is 0.357 e. The van der Waals surface area contributed by atoms with Gasteiger partial charge in [-0.3, -0.25) is 10.1 Å². The highest BCUT2D eigenvalue weighted by atomic mass is 32.1. The van der Waals surface area contributed by atoms with Crippen molar-refractivity contribution in [2.24, 2.45) is 0 Å². The van der Waals surface area contributed by atoms with Crippen molar-refractivity contribution >= 4 is 23.0 Å². The highest BCUT2D eigenvalue weighted by Crippen LogP contribution is 2.33. The van der Waals surface area contributed by atoms with E-state index in [4.69, 9.17) is 0 Å². The van der Waals surface area contributed by atoms with E-state index in [0.717, 1.165) is 0 Å². The van der Waals surface area contributed by atoms with Crippen LogP contribution in [0.15, 0.2) is 24.3 Å². The molecule has 0 N–H and O–H groups in total. The van der Waals surface area contributed by atoms with Crippen LogP contribution in [0.25, 0.3) is 10.6 Å². The summed E-state index contributed by atoms with van der Waals surface area (Å²) in [6.45, 7) is 1.72. The Morgan fingerprint density at radius 3 is 2.74 bits per heavy atom. The summed E-state index contributed by atoms with van der Waals surface area (Å²) in [5, 5.41) is 11.4. The van der Waals surface area contributed by atoms with Crippen molar-refractivity contribution in [3.63, 3.8) is 0 Å². The van der Waals surface area contributed by atoms with Crippen LogP contribution >= 0.6 is 11.3 Å². The second-order valence-corrected chi connectivity index (χ2v) is 4.89. The van der Waals surface area contributed by atoms with Crippen molar-refractivity contribution in [1.82, 2.24) is 4.98 Å². The van der Waals surface area contributed by atoms with Crippen molar-refractivity contribution in [3.8, 4) is 10.6 Å². The lowest BCUT2D eigenvalue weighted by atomic mass is 10.2. The Hall–Kier alpha value is -2.28. The van der Waals surface area contributed by atoms with Gasteiger partial charge in [0.25, 0.3) is 5.69 Å². The molecule has 0 saturated carbocycles. The predicted octanol–water partition coefficient (Wildman–Crippen LogP) is 2.81. The molecular weight excluding hydrogens is 268 g/mol. The average molecular weight is 278 g/mol. The Morgan fingerprint density at radius 2 is 2.11 bits per heavy atom. The van der Waals surface area contributed by atoms with E-state index in [0.29, 0.717) is 15.4 Å². The fourth-order valence-corrected chi connectivity index (χ4v) is 2.55. The van der Waals surface area contributed by atoms with E-state index in [2.05, 4.69) is 9.72 Å². The second-order valence-electron chi connectivity index (χ2n) is 3.69. The van der Waals surface area contributed by atoms with Crippen molar-refractivity contribution < 1.29 is 14.5 Å². The third kappa shape index (κ3) is 2.45. The number of hydrogen-bond donors (Lipinski definition) is 0. The summed E-state index contributed by atoms with van der Waals surface area (Å²) >= 11 is 1.23. The largest absolute Gasteiger partial charge is 0.464 e. The van der Waals surface area contributed by atoms with Gasteiger partial charge in [0, 0.05) is 10.9 Å². The number of nitrogens with zero attached hydrogens (tertiary/aromatic N) is 2. The molecule has 0 spiro atoms. The number of esters is 1. The molecule has 0 radical (unpaired) electrons. The SMILES string of the molecule is COC(=O)c1nc(-c2ccccc2[N+](=O)[O-])sc1C. The monoisotopic (exact) mass is 278 g/mol. The first-order chi connectivity index (χ1) is 9.04. The molecule has 0 atom stereocenters. The molecule has 0 aliphatic heterocycles. The number of aryl methyl sites for hydroxylation is 1. The fraction of sp³-hybridized carbons (Fsp3) is 0.167. The minimum absolute atomic E-state index is 0.0346. The third-order valence-corrected chi connectivity index (χ3v) is 3.51. The standard InChI is InChI=1S/C12H10N2O4S/c1-7-10(12(15)18-2)13-11(19-7)8-5-3-4-6-9(8)14(16)17/h3-6H,1-2H3. The fourth-order valence-electron chi connectivity index (χ4n) is 1.61. The van der Waals surface area contributed by atoms with Gasteiger partial charge >= 0.3 is 5.97 Å². The number of methoxy groups -OCH3 is 1. The van der Waals surface area contributed by atoms with E-state index in [1.165, 1.54) is 24.5 Å². The number of nitro benzene ring substituents is 1. The number of nitro groups is 1. The molecule has 7 heteroatoms. The normalized spacial score (nSPS) is 10.2. The van der Waals surface area contributed by atoms with Crippen LogP contribution in [0.3, 0.4) is 0 Å². The average Bonchev–Trinajstić information content (AvgIpc) is 2.79. The Morgan fingerprint density at radius 1 is 1.42 bits per heavy atom. The number of hydrogen-bond acceptors (Lipinski definition) is 6. The van der Waals surface area contributed by atoms with E-state index < -0.39 is 10.9 Å². The number of rotatable bonds is 3. The molecule has 2 aromatic rings. The van der Waals surface area contributed by atoms with Crippen LogP contribution in [0.5, 0.6) is 0 Å². The van der Waals surface area contributed by atoms with Gasteiger partial charge in [-0.15, -0.1) is 11.3 Å². The van der Waals surface area contributed by atoms with Crippen molar-refractivity contribution in [2.45, 2.75) is 6.92 Å². The lowest BCUT2D eigenvalue weighted by molar-refractivity contribution is -0.384. The second kappa shape index (κ2) is 5.15. The van der Waals surface area contributed by atoms with Crippen LogP contribution in [0.4, 0.5) is 5.69 Å². The first-order valence-corrected chi connectivity index (χ1v) is 6.15. The van der Waals surface area contributed by atoms with Crippen molar-refractivity contribution in [2.75, 3.05) is 7.11 Å². The molecule has 2 rings (SSSR count). The molecule has 0 aliphatic carbocycles. The molecule has 0 bridgehead atoms. The molecule has 1 aromatic heterocycles. The highest BCUT2D eigenvalue weighted by molar-refractivity contribution is 7.15. The lowest BCUT2D eigenvalue weighted by Crippen LogP contribution is -2.03. The zero-order chi connectivity index (χ0) is 14.0. The van der Waals surface area contributed by atoms with Crippen molar-refractivity contribution in [3.05, 3.63) is 45.0 Å². The van der Waals surface area contributed by atoms with Gasteiger partial charge in [-0.05, 0) is 13.0 Å². The van der Waals surface area contributed by atoms with Crippen LogP contribution in [-0.2, 0) is 4.74 Å². The van der Waals surface area contributed by atoms with Crippen LogP contribution in [0, 0.1) is 17.0 Å². The van der Waals surface area contributed by atoms with Gasteiger partial charge in [-0.2, -0.15) is 0 Å². The zero-order valence-corrected chi connectivity index (χ0v) is 11.1. The molecule has 1 heterocycles. The summed E-state index contributed by atoms with van der Waals surface area (Å²) in [5.41, 5.74) is 0.559. The van der Waals surface area contributed by atoms with Gasteiger partial charge in [0.1, 0.15) is 5.01 Å². The molecule has 19 heavy (non-hydrogen) atoms. The molecule has 0 aliphatic rings. The van der Waals surface area contributed by atoms with Gasteiger partial charge < -0.3 is 4.74 Å². The molecule has 98 valence electrons. The first-order valence-electron chi connectivity index (χ1n) is 5.34. The van der Waals surface area contributed by atoms with Gasteiger partial charge in [0.05, 0.1) is 17.6 Å². The molecular formula is C12H10N2O4S. The minimum atomic E-state index is -0.543. The van der Waals surface area contributed by atoms with Crippen LogP contribution in [0.2, 0.25) is 0 Å². The summed E-state index contributed by atoms with van der Waals surface area (Å²) in [6, 6.07) is 6.29. The molecule has 0 amide bonds. The molecule has 6 nitrogen and oxygen atoms in total. The Kier molecular flexibility index (Phi) is 3.57. The number of carbonyl (C=O) groups excluding carboxylic acids is 1. The maximum absolute atomic E-state index is 11.5. The quantitative estimate of drug-likeness (QED) is 0.490. The summed E-state index contributed by atoms with van der Waals surface area (Å²) in [5.74, 6) is -0.543. The number of carbonyl (C=O) groups is 1. The summed E-state index contributed by atoms with van der Waals surface area (Å²) < 4.78 is 4.62. The van der Waals surface area contributed by atoms with Crippen LogP contribution in [0.1, 0.15) is 15.4 Å². The Balaban J connectivity index is 2.55. The number of aromatic nitrogens is 1. The first kappa shape index (κ1) is 13.2. The smallest absolute Gasteiger partial charge is 0.357 e. The van der Waals surface area contributed by atoms with Crippen LogP contribution < -0.4 is 0 Å². The van der Waals surface area contributed by atoms with Crippen LogP contribution in [-0.4, -0.2) is 23.0 Å². The third-order valence-electron chi connectivity index (χ3n) is 2.51. The molecule has 0 unspecified atom stereocenters. The van der Waals surface area contributed by atoms with E-state index in [1.807, 2.05) is 0 Å². The van der Waals surface area contributed by atoms with Crippen molar-refractivity contribution in [1.29, 1.82) is 0 Å². The molecule has 0 saturated heterocycles. The predicted molar refractivity (Wildman–Crippen MR) is 70.3 cm³/mol. The summed E-state index contributed by atoms with van der Waals surface area (Å²) in [4.78, 5) is 26.8. The number of ether oxygens (including phenoxy) is 1. The number of para-hydroxylation sites is 1. The number of thiazole rings is 1. The summed E-state index contributed by atoms with van der Waals surface area (Å²) in [6.07, 6.45) is 0. The van der Waals surface area contributed by atoms with E-state index >= 15 is 0 Å². The lowest BCUT2D eigenvalue weighted by Gasteiger charge is -1.98. The van der Waals surface area contributed by atoms with Gasteiger partial charge in [-0.1, -0.05) is 12.1 Å². The zero-order valence-electron chi connectivity index (χ0n) is 10.2. The van der Waals surface area contributed by atoms with Gasteiger partial charge in [-0.25, -0.2) is 9.78 Å². The maximum atomic E-state index is 11.5. The molecule has 1 aromatic carbocycles. The minimum Gasteiger partial charge on any atom is -0.464 e. The number of benzene rings is 1. The van der Waals surface area contributed by atoms with E-state index in [9.17, 15) is 14.9 Å².